The number of rotatable bonds is 23. The number of hydrogen-bond acceptors (Lipinski definition) is 12. The Hall–Kier alpha value is -4.52. The second-order valence-electron chi connectivity index (χ2n) is 15.0. The van der Waals surface area contributed by atoms with Crippen LogP contribution < -0.4 is 10.1 Å². The van der Waals surface area contributed by atoms with Crippen molar-refractivity contribution in [2.24, 2.45) is 5.41 Å². The van der Waals surface area contributed by atoms with Gasteiger partial charge in [0.2, 0.25) is 5.91 Å². The molecular formula is C46H55NO13S. The lowest BCUT2D eigenvalue weighted by Crippen LogP contribution is -2.66. The summed E-state index contributed by atoms with van der Waals surface area (Å²) in [5.41, 5.74) is 2.44. The van der Waals surface area contributed by atoms with E-state index in [-0.39, 0.29) is 58.6 Å². The van der Waals surface area contributed by atoms with Gasteiger partial charge in [0, 0.05) is 12.0 Å². The van der Waals surface area contributed by atoms with Gasteiger partial charge in [-0.1, -0.05) is 109 Å². The molecule has 61 heavy (non-hydrogen) atoms. The summed E-state index contributed by atoms with van der Waals surface area (Å²) in [4.78, 5) is 13.5. The second kappa shape index (κ2) is 23.1. The minimum absolute atomic E-state index is 0.0362. The number of nitrogens with one attached hydrogen (secondary N) is 1. The molecule has 1 amide bonds. The van der Waals surface area contributed by atoms with E-state index in [4.69, 9.17) is 42.1 Å². The number of carbonyl (C=O) groups is 1. The predicted molar refractivity (Wildman–Crippen MR) is 225 cm³/mol. The van der Waals surface area contributed by atoms with Crippen LogP contribution in [-0.4, -0.2) is 96.3 Å². The van der Waals surface area contributed by atoms with Gasteiger partial charge in [-0.05, 0) is 41.7 Å². The van der Waals surface area contributed by atoms with Crippen molar-refractivity contribution in [3.05, 3.63) is 150 Å². The van der Waals surface area contributed by atoms with E-state index in [1.54, 1.807) is 25.3 Å². The normalized spacial score (nSPS) is 24.2. The Labute approximate surface area is 358 Å². The molecule has 0 aromatic heterocycles. The maximum absolute atomic E-state index is 13.5. The molecule has 15 heteroatoms. The highest BCUT2D eigenvalue weighted by Gasteiger charge is 2.49. The Bertz CT molecular complexity index is 2020. The minimum atomic E-state index is -4.82. The molecule has 4 aromatic rings. The van der Waals surface area contributed by atoms with E-state index in [1.807, 2.05) is 103 Å². The fraction of sp³-hybridized carbons (Fsp3) is 0.413. The van der Waals surface area contributed by atoms with Gasteiger partial charge in [-0.2, -0.15) is 8.42 Å². The fourth-order valence-electron chi connectivity index (χ4n) is 7.04. The van der Waals surface area contributed by atoms with Gasteiger partial charge in [0.05, 0.1) is 65.4 Å². The van der Waals surface area contributed by atoms with Crippen LogP contribution in [0.25, 0.3) is 0 Å². The maximum Gasteiger partial charge on any atom is 0.397 e. The van der Waals surface area contributed by atoms with Crippen LogP contribution >= 0.6 is 0 Å². The zero-order chi connectivity index (χ0) is 42.9. The Kier molecular flexibility index (Phi) is 17.4. The highest BCUT2D eigenvalue weighted by Crippen LogP contribution is 2.35. The smallest absolute Gasteiger partial charge is 0.397 e. The molecule has 2 saturated heterocycles. The Morgan fingerprint density at radius 3 is 1.98 bits per heavy atom. The van der Waals surface area contributed by atoms with Crippen molar-refractivity contribution < 1.29 is 59.8 Å². The molecule has 0 radical (unpaired) electrons. The van der Waals surface area contributed by atoms with Crippen LogP contribution in [0.1, 0.15) is 41.4 Å². The molecule has 2 heterocycles. The summed E-state index contributed by atoms with van der Waals surface area (Å²) in [6, 6.07) is 35.6. The van der Waals surface area contributed by atoms with Crippen molar-refractivity contribution in [2.75, 3.05) is 46.8 Å². The van der Waals surface area contributed by atoms with Gasteiger partial charge >= 0.3 is 10.4 Å². The van der Waals surface area contributed by atoms with Crippen LogP contribution in [0.15, 0.2) is 128 Å². The first kappa shape index (κ1) is 46.0. The van der Waals surface area contributed by atoms with Crippen LogP contribution in [0.3, 0.4) is 0 Å². The standard InChI is InChI=1S/C46H55NO13S/c1-3-4-20-40(48)47-41-43(56-28-36-18-12-7-13-19-36)42(55-27-35-16-10-6-11-17-35)39(60-45(41)54-26-25-34-14-8-5-9-15-34)29-53-30-46(33-59-61(49,50)51)31-57-44(58-32-46)37-21-23-38(52-2)24-22-37/h3,5-19,21-24,39,41-45H,1,4,20,25-33H2,2H3,(H,47,48)(H,49,50,51)/t39-,41-,42-,43-,44?,45+,46?/m1/s1. The molecule has 0 saturated carbocycles. The highest BCUT2D eigenvalue weighted by molar-refractivity contribution is 7.80. The summed E-state index contributed by atoms with van der Waals surface area (Å²) < 4.78 is 88.5. The van der Waals surface area contributed by atoms with Crippen molar-refractivity contribution in [1.82, 2.24) is 5.32 Å². The molecule has 2 fully saturated rings. The van der Waals surface area contributed by atoms with Crippen molar-refractivity contribution in [3.63, 3.8) is 0 Å². The molecule has 0 unspecified atom stereocenters. The van der Waals surface area contributed by atoms with E-state index < -0.39 is 59.4 Å². The molecule has 2 N–H and O–H groups in total. The Morgan fingerprint density at radius 2 is 1.41 bits per heavy atom. The van der Waals surface area contributed by atoms with Crippen molar-refractivity contribution >= 4 is 16.3 Å². The number of methoxy groups -OCH3 is 1. The number of benzene rings is 4. The molecule has 6 rings (SSSR count). The van der Waals surface area contributed by atoms with Gasteiger partial charge in [-0.25, -0.2) is 4.18 Å². The first-order valence-corrected chi connectivity index (χ1v) is 21.6. The lowest BCUT2D eigenvalue weighted by Gasteiger charge is -2.46. The second-order valence-corrected chi connectivity index (χ2v) is 16.1. The topological polar surface area (TPSA) is 167 Å². The molecule has 5 atom stereocenters. The largest absolute Gasteiger partial charge is 0.497 e. The van der Waals surface area contributed by atoms with Crippen LogP contribution in [0.4, 0.5) is 0 Å². The monoisotopic (exact) mass is 861 g/mol. The Balaban J connectivity index is 1.26. The Morgan fingerprint density at radius 1 is 0.820 bits per heavy atom. The van der Waals surface area contributed by atoms with E-state index in [0.717, 1.165) is 22.3 Å². The molecule has 14 nitrogen and oxygen atoms in total. The van der Waals surface area contributed by atoms with Gasteiger partial charge in [-0.3, -0.25) is 9.35 Å². The number of hydrogen-bond donors (Lipinski definition) is 2. The van der Waals surface area contributed by atoms with Crippen LogP contribution in [0.2, 0.25) is 0 Å². The first-order chi connectivity index (χ1) is 29.6. The number of carbonyl (C=O) groups excluding carboxylic acids is 1. The summed E-state index contributed by atoms with van der Waals surface area (Å²) in [5.74, 6) is 0.429. The molecule has 0 spiro atoms. The van der Waals surface area contributed by atoms with Crippen LogP contribution in [-0.2, 0) is 72.2 Å². The molecule has 4 aromatic carbocycles. The number of allylic oxidation sites excluding steroid dienone is 1. The van der Waals surface area contributed by atoms with Gasteiger partial charge in [0.15, 0.2) is 12.6 Å². The van der Waals surface area contributed by atoms with E-state index >= 15 is 0 Å². The first-order valence-electron chi connectivity index (χ1n) is 20.2. The third kappa shape index (κ3) is 14.3. The predicted octanol–water partition coefficient (Wildman–Crippen LogP) is 6.17. The summed E-state index contributed by atoms with van der Waals surface area (Å²) in [6.45, 7) is 3.64. The molecule has 0 bridgehead atoms. The average Bonchev–Trinajstić information content (AvgIpc) is 3.28. The van der Waals surface area contributed by atoms with E-state index in [1.165, 1.54) is 0 Å². The summed E-state index contributed by atoms with van der Waals surface area (Å²) in [6.07, 6.45) is -1.26. The quantitative estimate of drug-likeness (QED) is 0.0643. The van der Waals surface area contributed by atoms with Crippen molar-refractivity contribution in [3.8, 4) is 5.75 Å². The highest BCUT2D eigenvalue weighted by atomic mass is 32.3. The summed E-state index contributed by atoms with van der Waals surface area (Å²) in [7, 11) is -3.25. The zero-order valence-electron chi connectivity index (χ0n) is 34.3. The molecular weight excluding hydrogens is 807 g/mol. The van der Waals surface area contributed by atoms with E-state index in [2.05, 4.69) is 11.9 Å². The average molecular weight is 862 g/mol. The molecule has 2 aliphatic rings. The van der Waals surface area contributed by atoms with Crippen molar-refractivity contribution in [1.29, 1.82) is 0 Å². The lowest BCUT2D eigenvalue weighted by molar-refractivity contribution is -0.294. The van der Waals surface area contributed by atoms with Gasteiger partial charge in [0.25, 0.3) is 0 Å². The van der Waals surface area contributed by atoms with Crippen LogP contribution in [0, 0.1) is 5.41 Å². The number of amides is 1. The van der Waals surface area contributed by atoms with Gasteiger partial charge < -0.3 is 43.2 Å². The molecule has 0 aliphatic carbocycles. The third-order valence-corrected chi connectivity index (χ3v) is 10.7. The van der Waals surface area contributed by atoms with E-state index in [0.29, 0.717) is 18.6 Å². The van der Waals surface area contributed by atoms with Gasteiger partial charge in [0.1, 0.15) is 30.1 Å². The third-order valence-electron chi connectivity index (χ3n) is 10.3. The van der Waals surface area contributed by atoms with Crippen molar-refractivity contribution in [2.45, 2.75) is 69.4 Å². The number of ether oxygens (including phenoxy) is 8. The summed E-state index contributed by atoms with van der Waals surface area (Å²) >= 11 is 0. The van der Waals surface area contributed by atoms with Gasteiger partial charge in [-0.15, -0.1) is 6.58 Å². The SMILES string of the molecule is C=CCCC(=O)N[C@H]1[C@@H](OCCc2ccccc2)O[C@H](COCC2(COS(=O)(=O)O)COC(c3ccc(OC)cc3)OC2)[C@@H](OCc2ccccc2)[C@@H]1OCc1ccccc1. The minimum Gasteiger partial charge on any atom is -0.497 e. The maximum atomic E-state index is 13.5. The molecule has 328 valence electrons. The fourth-order valence-corrected chi connectivity index (χ4v) is 7.44. The van der Waals surface area contributed by atoms with E-state index in [9.17, 15) is 17.8 Å². The lowest BCUT2D eigenvalue weighted by atomic mass is 9.91. The van der Waals surface area contributed by atoms with Crippen LogP contribution in [0.5, 0.6) is 5.75 Å². The summed E-state index contributed by atoms with van der Waals surface area (Å²) in [5, 5.41) is 3.14. The zero-order valence-corrected chi connectivity index (χ0v) is 35.1. The molecule has 2 aliphatic heterocycles.